The molecule has 4 N–H and O–H groups in total. The zero-order valence-electron chi connectivity index (χ0n) is 9.03. The van der Waals surface area contributed by atoms with Gasteiger partial charge in [-0.2, -0.15) is 0 Å². The predicted octanol–water partition coefficient (Wildman–Crippen LogP) is -1.44. The lowest BCUT2D eigenvalue weighted by molar-refractivity contribution is 0.0419. The van der Waals surface area contributed by atoms with Gasteiger partial charge in [0.25, 0.3) is 11.5 Å². The smallest absolute Gasteiger partial charge is 0.326 e. The van der Waals surface area contributed by atoms with Crippen LogP contribution in [0, 0.1) is 5.92 Å². The van der Waals surface area contributed by atoms with Crippen LogP contribution in [0.1, 0.15) is 23.3 Å². The van der Waals surface area contributed by atoms with Crippen LogP contribution in [-0.2, 0) is 0 Å². The lowest BCUT2D eigenvalue weighted by Crippen LogP contribution is -2.39. The van der Waals surface area contributed by atoms with Crippen molar-refractivity contribution in [2.45, 2.75) is 18.9 Å². The minimum Gasteiger partial charge on any atom is -0.393 e. The Hall–Kier alpha value is -1.89. The van der Waals surface area contributed by atoms with Crippen LogP contribution >= 0.6 is 0 Å². The van der Waals surface area contributed by atoms with Crippen molar-refractivity contribution in [2.75, 3.05) is 6.54 Å². The lowest BCUT2D eigenvalue weighted by Gasteiger charge is -2.31. The van der Waals surface area contributed by atoms with Crippen LogP contribution < -0.4 is 16.6 Å². The summed E-state index contributed by atoms with van der Waals surface area (Å²) < 4.78 is 0. The second-order valence-corrected chi connectivity index (χ2v) is 4.20. The number of aromatic amines is 2. The van der Waals surface area contributed by atoms with Crippen molar-refractivity contribution in [1.29, 1.82) is 0 Å². The fourth-order valence-corrected chi connectivity index (χ4v) is 1.79. The maximum Gasteiger partial charge on any atom is 0.326 e. The van der Waals surface area contributed by atoms with Crippen LogP contribution in [0.4, 0.5) is 0 Å². The van der Waals surface area contributed by atoms with Crippen LogP contribution in [0.2, 0.25) is 0 Å². The van der Waals surface area contributed by atoms with Crippen molar-refractivity contribution in [1.82, 2.24) is 15.3 Å². The summed E-state index contributed by atoms with van der Waals surface area (Å²) in [6.45, 7) is 0.435. The van der Waals surface area contributed by atoms with Gasteiger partial charge in [-0.15, -0.1) is 0 Å². The molecule has 1 heterocycles. The minimum absolute atomic E-state index is 0.0568. The Labute approximate surface area is 95.9 Å². The first-order valence-electron chi connectivity index (χ1n) is 5.34. The molecule has 92 valence electrons. The Bertz CT molecular complexity index is 499. The molecule has 2 rings (SSSR count). The highest BCUT2D eigenvalue weighted by Crippen LogP contribution is 2.25. The van der Waals surface area contributed by atoms with E-state index < -0.39 is 17.2 Å². The average Bonchev–Trinajstić information content (AvgIpc) is 2.21. The predicted molar refractivity (Wildman–Crippen MR) is 58.7 cm³/mol. The summed E-state index contributed by atoms with van der Waals surface area (Å²) in [4.78, 5) is 37.7. The molecular weight excluding hydrogens is 226 g/mol. The molecule has 17 heavy (non-hydrogen) atoms. The third-order valence-electron chi connectivity index (χ3n) is 2.77. The number of nitrogens with one attached hydrogen (secondary N) is 3. The number of carbonyl (C=O) groups excluding carboxylic acids is 1. The molecule has 0 spiro atoms. The maximum absolute atomic E-state index is 11.6. The summed E-state index contributed by atoms with van der Waals surface area (Å²) in [5, 5.41) is 11.7. The molecule has 0 radical (unpaired) electrons. The van der Waals surface area contributed by atoms with E-state index in [-0.39, 0.29) is 17.7 Å². The molecule has 1 aliphatic rings. The number of aliphatic hydroxyl groups excluding tert-OH is 1. The fourth-order valence-electron chi connectivity index (χ4n) is 1.79. The summed E-state index contributed by atoms with van der Waals surface area (Å²) >= 11 is 0. The van der Waals surface area contributed by atoms with E-state index in [1.54, 1.807) is 0 Å². The Kier molecular flexibility index (Phi) is 3.10. The molecule has 7 nitrogen and oxygen atoms in total. The van der Waals surface area contributed by atoms with Gasteiger partial charge in [-0.3, -0.25) is 14.6 Å². The lowest BCUT2D eigenvalue weighted by atomic mass is 9.82. The zero-order chi connectivity index (χ0) is 12.4. The van der Waals surface area contributed by atoms with Gasteiger partial charge in [-0.1, -0.05) is 0 Å². The van der Waals surface area contributed by atoms with Crippen molar-refractivity contribution in [3.05, 3.63) is 32.6 Å². The molecule has 0 bridgehead atoms. The highest BCUT2D eigenvalue weighted by molar-refractivity contribution is 5.91. The van der Waals surface area contributed by atoms with Gasteiger partial charge in [0.1, 0.15) is 5.69 Å². The van der Waals surface area contributed by atoms with Crippen molar-refractivity contribution < 1.29 is 9.90 Å². The molecule has 1 fully saturated rings. The molecule has 1 amide bonds. The fraction of sp³-hybridized carbons (Fsp3) is 0.500. The SMILES string of the molecule is O=C(NCC1CC(O)C1)c1cc(=O)[nH]c(=O)[nH]1. The van der Waals surface area contributed by atoms with Gasteiger partial charge >= 0.3 is 5.69 Å². The standard InChI is InChI=1S/C10H13N3O4/c14-6-1-5(2-6)4-11-9(16)7-3-8(15)13-10(17)12-7/h3,5-6,14H,1-2,4H2,(H,11,16)(H2,12,13,15,17). The van der Waals surface area contributed by atoms with E-state index in [1.165, 1.54) is 0 Å². The van der Waals surface area contributed by atoms with Crippen molar-refractivity contribution in [3.63, 3.8) is 0 Å². The van der Waals surface area contributed by atoms with Crippen LogP contribution in [0.25, 0.3) is 0 Å². The molecule has 1 aliphatic carbocycles. The van der Waals surface area contributed by atoms with Crippen LogP contribution in [0.5, 0.6) is 0 Å². The Balaban J connectivity index is 1.95. The highest BCUT2D eigenvalue weighted by Gasteiger charge is 2.27. The number of hydrogen-bond acceptors (Lipinski definition) is 4. The minimum atomic E-state index is -0.707. The number of hydrogen-bond donors (Lipinski definition) is 4. The van der Waals surface area contributed by atoms with Gasteiger partial charge in [0.2, 0.25) is 0 Å². The van der Waals surface area contributed by atoms with Crippen LogP contribution in [0.15, 0.2) is 15.7 Å². The first kappa shape index (κ1) is 11.6. The number of aliphatic hydroxyl groups is 1. The highest BCUT2D eigenvalue weighted by atomic mass is 16.3. The molecule has 0 aromatic carbocycles. The largest absolute Gasteiger partial charge is 0.393 e. The van der Waals surface area contributed by atoms with Gasteiger partial charge in [0, 0.05) is 12.6 Å². The zero-order valence-corrected chi connectivity index (χ0v) is 9.03. The van der Waals surface area contributed by atoms with Gasteiger partial charge < -0.3 is 15.4 Å². The van der Waals surface area contributed by atoms with Crippen molar-refractivity contribution >= 4 is 5.91 Å². The summed E-state index contributed by atoms with van der Waals surface area (Å²) in [7, 11) is 0. The van der Waals surface area contributed by atoms with E-state index in [0.29, 0.717) is 19.4 Å². The van der Waals surface area contributed by atoms with E-state index in [4.69, 9.17) is 5.11 Å². The Morgan fingerprint density at radius 2 is 2.12 bits per heavy atom. The molecule has 0 aliphatic heterocycles. The summed E-state index contributed by atoms with van der Waals surface area (Å²) in [6, 6.07) is 1.03. The van der Waals surface area contributed by atoms with Crippen LogP contribution in [0.3, 0.4) is 0 Å². The summed E-state index contributed by atoms with van der Waals surface area (Å²) in [5.41, 5.74) is -1.38. The molecule has 0 unspecified atom stereocenters. The molecule has 0 atom stereocenters. The van der Waals surface area contributed by atoms with E-state index in [0.717, 1.165) is 6.07 Å². The number of aromatic nitrogens is 2. The van der Waals surface area contributed by atoms with Gasteiger partial charge in [0.05, 0.1) is 6.10 Å². The van der Waals surface area contributed by atoms with Crippen molar-refractivity contribution in [2.24, 2.45) is 5.92 Å². The number of amides is 1. The number of H-pyrrole nitrogens is 2. The molecule has 7 heteroatoms. The molecular formula is C10H13N3O4. The third-order valence-corrected chi connectivity index (χ3v) is 2.77. The summed E-state index contributed by atoms with van der Waals surface area (Å²) in [5.74, 6) is -0.225. The van der Waals surface area contributed by atoms with Gasteiger partial charge in [0.15, 0.2) is 0 Å². The first-order chi connectivity index (χ1) is 8.04. The van der Waals surface area contributed by atoms with E-state index in [9.17, 15) is 14.4 Å². The third kappa shape index (κ3) is 2.82. The summed E-state index contributed by atoms with van der Waals surface area (Å²) in [6.07, 6.45) is 1.08. The Morgan fingerprint density at radius 1 is 1.41 bits per heavy atom. The monoisotopic (exact) mass is 239 g/mol. The average molecular weight is 239 g/mol. The maximum atomic E-state index is 11.6. The van der Waals surface area contributed by atoms with Gasteiger partial charge in [-0.25, -0.2) is 4.79 Å². The topological polar surface area (TPSA) is 115 Å². The normalized spacial score (nSPS) is 22.9. The van der Waals surface area contributed by atoms with E-state index in [1.807, 2.05) is 4.98 Å². The van der Waals surface area contributed by atoms with Crippen LogP contribution in [-0.4, -0.2) is 33.6 Å². The molecule has 1 saturated carbocycles. The van der Waals surface area contributed by atoms with E-state index >= 15 is 0 Å². The molecule has 1 aromatic heterocycles. The number of rotatable bonds is 3. The quantitative estimate of drug-likeness (QED) is 0.517. The number of carbonyl (C=O) groups is 1. The first-order valence-corrected chi connectivity index (χ1v) is 5.34. The molecule has 0 saturated heterocycles. The second kappa shape index (κ2) is 4.54. The van der Waals surface area contributed by atoms with Gasteiger partial charge in [-0.05, 0) is 18.8 Å². The second-order valence-electron chi connectivity index (χ2n) is 4.20. The van der Waals surface area contributed by atoms with Crippen molar-refractivity contribution in [3.8, 4) is 0 Å². The Morgan fingerprint density at radius 3 is 2.71 bits per heavy atom. The molecule has 1 aromatic rings. The van der Waals surface area contributed by atoms with E-state index in [2.05, 4.69) is 10.3 Å².